The molecule has 0 amide bonds. The van der Waals surface area contributed by atoms with E-state index in [-0.39, 0.29) is 29.8 Å². The number of carbonyl (C=O) groups is 6. The van der Waals surface area contributed by atoms with Gasteiger partial charge in [0.2, 0.25) is 0 Å². The highest BCUT2D eigenvalue weighted by molar-refractivity contribution is 7.18. The van der Waals surface area contributed by atoms with Gasteiger partial charge in [-0.15, -0.1) is 11.3 Å². The molecule has 3 fully saturated rings. The maximum Gasteiger partial charge on any atom is 0.330 e. The summed E-state index contributed by atoms with van der Waals surface area (Å²) >= 11 is 1.68. The zero-order chi connectivity index (χ0) is 59.6. The fourth-order valence-corrected chi connectivity index (χ4v) is 12.1. The van der Waals surface area contributed by atoms with E-state index in [1.54, 1.807) is 84.3 Å². The summed E-state index contributed by atoms with van der Waals surface area (Å²) in [5.74, 6) is -0.816. The Kier molecular flexibility index (Phi) is 25.1. The summed E-state index contributed by atoms with van der Waals surface area (Å²) in [4.78, 5) is 87.0. The molecule has 1 unspecified atom stereocenters. The van der Waals surface area contributed by atoms with Crippen LogP contribution in [0, 0.1) is 29.6 Å². The van der Waals surface area contributed by atoms with Gasteiger partial charge in [0.05, 0.1) is 71.4 Å². The van der Waals surface area contributed by atoms with Crippen molar-refractivity contribution >= 4 is 63.6 Å². The molecular formula is C68H80N2O14S. The smallest absolute Gasteiger partial charge is 0.330 e. The molecule has 1 atom stereocenters. The van der Waals surface area contributed by atoms with Crippen molar-refractivity contribution in [2.75, 3.05) is 26.4 Å². The molecule has 85 heavy (non-hydrogen) atoms. The monoisotopic (exact) mass is 1180 g/mol. The molecule has 0 bridgehead atoms. The van der Waals surface area contributed by atoms with Gasteiger partial charge in [-0.05, 0) is 200 Å². The number of benzene rings is 4. The van der Waals surface area contributed by atoms with Gasteiger partial charge in [0.1, 0.15) is 34.5 Å². The van der Waals surface area contributed by atoms with Crippen LogP contribution in [0.3, 0.4) is 0 Å². The van der Waals surface area contributed by atoms with E-state index in [1.807, 2.05) is 18.2 Å². The zero-order valence-corrected chi connectivity index (χ0v) is 49.5. The summed E-state index contributed by atoms with van der Waals surface area (Å²) in [6.07, 6.45) is 20.9. The maximum absolute atomic E-state index is 14.0. The number of rotatable bonds is 31. The van der Waals surface area contributed by atoms with Crippen LogP contribution in [0.4, 0.5) is 0 Å². The van der Waals surface area contributed by atoms with Crippen molar-refractivity contribution in [3.05, 3.63) is 127 Å². The second-order valence-electron chi connectivity index (χ2n) is 22.2. The molecule has 3 aliphatic carbocycles. The van der Waals surface area contributed by atoms with Crippen LogP contribution in [0.25, 0.3) is 10.2 Å². The number of thiazole rings is 1. The molecule has 8 rings (SSSR count). The third kappa shape index (κ3) is 20.5. The predicted molar refractivity (Wildman–Crippen MR) is 324 cm³/mol. The molecule has 0 saturated heterocycles. The summed E-state index contributed by atoms with van der Waals surface area (Å²) in [6, 6.07) is 27.0. The molecule has 16 nitrogen and oxygen atoms in total. The van der Waals surface area contributed by atoms with E-state index in [2.05, 4.69) is 19.2 Å². The van der Waals surface area contributed by atoms with Gasteiger partial charge >= 0.3 is 35.8 Å². The first-order valence-corrected chi connectivity index (χ1v) is 31.2. The second-order valence-corrected chi connectivity index (χ2v) is 23.3. The van der Waals surface area contributed by atoms with Crippen molar-refractivity contribution in [2.24, 2.45) is 34.6 Å². The molecule has 3 aliphatic rings. The third-order valence-corrected chi connectivity index (χ3v) is 17.1. The lowest BCUT2D eigenvalue weighted by molar-refractivity contribution is -0.145. The molecule has 452 valence electrons. The summed E-state index contributed by atoms with van der Waals surface area (Å²) in [7, 11) is 0. The van der Waals surface area contributed by atoms with Gasteiger partial charge in [0.25, 0.3) is 0 Å². The van der Waals surface area contributed by atoms with E-state index in [0.29, 0.717) is 130 Å². The number of hydrogen-bond acceptors (Lipinski definition) is 17. The van der Waals surface area contributed by atoms with Gasteiger partial charge in [-0.1, -0.05) is 44.6 Å². The number of para-hydroxylation sites is 1. The van der Waals surface area contributed by atoms with Crippen LogP contribution in [0.5, 0.6) is 34.5 Å². The van der Waals surface area contributed by atoms with Gasteiger partial charge in [0.15, 0.2) is 0 Å². The lowest BCUT2D eigenvalue weighted by Crippen LogP contribution is -2.30. The Labute approximate surface area is 502 Å². The highest BCUT2D eigenvalue weighted by atomic mass is 32.1. The number of esters is 6. The molecule has 3 saturated carbocycles. The first-order valence-electron chi connectivity index (χ1n) is 30.4. The summed E-state index contributed by atoms with van der Waals surface area (Å²) in [5, 5.41) is 1.01. The van der Waals surface area contributed by atoms with Gasteiger partial charge in [0, 0.05) is 30.4 Å². The number of ether oxygens (including phenoxy) is 8. The van der Waals surface area contributed by atoms with Crippen molar-refractivity contribution in [1.82, 2.24) is 4.98 Å². The molecule has 4 aromatic carbocycles. The van der Waals surface area contributed by atoms with Gasteiger partial charge in [-0.3, -0.25) is 24.2 Å². The number of carbonyl (C=O) groups excluding carboxylic acids is 6. The SMILES string of the molecule is C=CC(=O)OCCCCCCOc1ccc(OC(=O)C2CCC(C(=O)Oc3ccc(OC(=O)C4CCC(C(=O)Oc5ccc(OCCCCCCOC(=O)C=C)cc5)CC4)c(C=NC(Cc4nc5ccccc5s4)C4CCCCC4)c3)CC2)cc1. The Hall–Kier alpha value is -7.66. The molecule has 1 heterocycles. The van der Waals surface area contributed by atoms with E-state index < -0.39 is 35.7 Å². The van der Waals surface area contributed by atoms with Gasteiger partial charge in [-0.2, -0.15) is 0 Å². The molecule has 1 aromatic heterocycles. The summed E-state index contributed by atoms with van der Waals surface area (Å²) in [5.41, 5.74) is 1.47. The largest absolute Gasteiger partial charge is 0.494 e. The van der Waals surface area contributed by atoms with Crippen LogP contribution >= 0.6 is 11.3 Å². The normalized spacial score (nSPS) is 18.4. The highest BCUT2D eigenvalue weighted by Gasteiger charge is 2.35. The quantitative estimate of drug-likeness (QED) is 0.0133. The van der Waals surface area contributed by atoms with Crippen LogP contribution in [-0.2, 0) is 44.7 Å². The standard InChI is InChI=1S/C68H80N2O14S/c1-3-63(71)79-42-16-7-5-14-40-77-53-30-34-55(35-31-53)81-65(73)48-22-24-50(25-23-48)67(75)83-57-38-39-60(52(44-57)46-69-59(47-18-10-9-11-19-47)45-62-70-58-20-12-13-21-61(58)85-62)84-68(76)51-28-26-49(27-29-51)66(74)82-56-36-32-54(33-37-56)78-41-15-6-8-17-43-80-64(72)4-2/h3-4,12-13,20-21,30-39,44,46-51,59H,1-2,5-11,14-19,22-29,40-43,45H2. The van der Waals surface area contributed by atoms with E-state index in [0.717, 1.165) is 104 Å². The zero-order valence-electron chi connectivity index (χ0n) is 48.7. The van der Waals surface area contributed by atoms with Crippen molar-refractivity contribution in [1.29, 1.82) is 0 Å². The van der Waals surface area contributed by atoms with Crippen LogP contribution in [0.1, 0.15) is 145 Å². The predicted octanol–water partition coefficient (Wildman–Crippen LogP) is 13.9. The molecule has 5 aromatic rings. The Morgan fingerprint density at radius 1 is 0.506 bits per heavy atom. The Balaban J connectivity index is 0.835. The second kappa shape index (κ2) is 33.7. The maximum atomic E-state index is 14.0. The Morgan fingerprint density at radius 3 is 1.42 bits per heavy atom. The number of aliphatic imine (C=N–C) groups is 1. The summed E-state index contributed by atoms with van der Waals surface area (Å²) in [6.45, 7) is 8.61. The fourth-order valence-electron chi connectivity index (χ4n) is 11.1. The number of nitrogens with zero attached hydrogens (tertiary/aromatic N) is 2. The molecule has 0 N–H and O–H groups in total. The molecule has 0 spiro atoms. The fraction of sp³-hybridized carbons (Fsp3) is 0.471. The minimum atomic E-state index is -0.443. The lowest BCUT2D eigenvalue weighted by Gasteiger charge is -2.27. The van der Waals surface area contributed by atoms with E-state index >= 15 is 0 Å². The van der Waals surface area contributed by atoms with Crippen molar-refractivity contribution in [2.45, 2.75) is 147 Å². The number of fused-ring (bicyclic) bond motifs is 1. The van der Waals surface area contributed by atoms with Gasteiger partial charge < -0.3 is 37.9 Å². The van der Waals surface area contributed by atoms with Crippen molar-refractivity contribution in [3.63, 3.8) is 0 Å². The van der Waals surface area contributed by atoms with E-state index in [4.69, 9.17) is 47.9 Å². The third-order valence-electron chi connectivity index (χ3n) is 16.0. The average Bonchev–Trinajstić information content (AvgIpc) is 4.13. The van der Waals surface area contributed by atoms with Crippen molar-refractivity contribution < 1.29 is 66.7 Å². The van der Waals surface area contributed by atoms with Crippen LogP contribution in [-0.4, -0.2) is 79.5 Å². The Morgan fingerprint density at radius 2 is 0.941 bits per heavy atom. The lowest BCUT2D eigenvalue weighted by atomic mass is 9.82. The first-order chi connectivity index (χ1) is 41.5. The van der Waals surface area contributed by atoms with Crippen LogP contribution in [0.2, 0.25) is 0 Å². The Bertz CT molecular complexity index is 2990. The number of aromatic nitrogens is 1. The minimum absolute atomic E-state index is 0.0800. The van der Waals surface area contributed by atoms with E-state index in [9.17, 15) is 28.8 Å². The highest BCUT2D eigenvalue weighted by Crippen LogP contribution is 2.37. The van der Waals surface area contributed by atoms with Crippen LogP contribution < -0.4 is 28.4 Å². The topological polar surface area (TPSA) is 202 Å². The van der Waals surface area contributed by atoms with E-state index in [1.165, 1.54) is 6.42 Å². The first kappa shape index (κ1) is 63.4. The molecule has 0 aliphatic heterocycles. The molecular weight excluding hydrogens is 1100 g/mol. The minimum Gasteiger partial charge on any atom is -0.494 e. The van der Waals surface area contributed by atoms with Crippen LogP contribution in [0.15, 0.2) is 121 Å². The molecule has 0 radical (unpaired) electrons. The number of hydrogen-bond donors (Lipinski definition) is 0. The van der Waals surface area contributed by atoms with Crippen molar-refractivity contribution in [3.8, 4) is 34.5 Å². The summed E-state index contributed by atoms with van der Waals surface area (Å²) < 4.78 is 46.6. The average molecular weight is 1180 g/mol. The number of unbranched alkanes of at least 4 members (excludes halogenated alkanes) is 6. The molecule has 17 heteroatoms. The van der Waals surface area contributed by atoms with Gasteiger partial charge in [-0.25, -0.2) is 14.6 Å².